The molecule has 1 aliphatic rings. The Kier molecular flexibility index (Phi) is 6.11. The van der Waals surface area contributed by atoms with E-state index in [1.54, 1.807) is 23.1 Å². The Morgan fingerprint density at radius 1 is 1.52 bits per heavy atom. The number of carbonyl (C=O) groups excluding carboxylic acids is 2. The fourth-order valence-electron chi connectivity index (χ4n) is 2.45. The third-order valence-corrected chi connectivity index (χ3v) is 5.35. The largest absolute Gasteiger partial charge is 0.344 e. The van der Waals surface area contributed by atoms with Gasteiger partial charge in [-0.1, -0.05) is 6.92 Å². The predicted octanol–water partition coefficient (Wildman–Crippen LogP) is 2.28. The van der Waals surface area contributed by atoms with Crippen LogP contribution in [-0.2, 0) is 22.6 Å². The lowest BCUT2D eigenvalue weighted by Crippen LogP contribution is -2.49. The Morgan fingerprint density at radius 3 is 3.05 bits per heavy atom. The Morgan fingerprint density at radius 2 is 2.33 bits per heavy atom. The molecule has 116 valence electrons. The molecule has 1 atom stereocenters. The maximum Gasteiger partial charge on any atom is 0.245 e. The molecule has 6 heteroatoms. The molecule has 1 aromatic heterocycles. The van der Waals surface area contributed by atoms with Gasteiger partial charge in [-0.15, -0.1) is 11.3 Å². The van der Waals surface area contributed by atoms with Crippen molar-refractivity contribution in [2.24, 2.45) is 0 Å². The number of hydrogen-bond acceptors (Lipinski definition) is 4. The maximum absolute atomic E-state index is 12.7. The molecular formula is C15H22N2O2S2. The van der Waals surface area contributed by atoms with E-state index in [-0.39, 0.29) is 17.9 Å². The molecule has 4 nitrogen and oxygen atoms in total. The summed E-state index contributed by atoms with van der Waals surface area (Å²) in [7, 11) is 0. The van der Waals surface area contributed by atoms with Gasteiger partial charge in [-0.05, 0) is 41.9 Å². The molecule has 0 aromatic carbocycles. The minimum Gasteiger partial charge on any atom is -0.344 e. The fraction of sp³-hybridized carbons (Fsp3) is 0.600. The van der Waals surface area contributed by atoms with Crippen LogP contribution in [0.2, 0.25) is 0 Å². The molecule has 1 N–H and O–H groups in total. The van der Waals surface area contributed by atoms with Gasteiger partial charge in [-0.25, -0.2) is 0 Å². The summed E-state index contributed by atoms with van der Waals surface area (Å²) in [5.74, 6) is 0.878. The molecule has 0 saturated heterocycles. The maximum atomic E-state index is 12.7. The van der Waals surface area contributed by atoms with E-state index in [4.69, 9.17) is 0 Å². The molecule has 21 heavy (non-hydrogen) atoms. The summed E-state index contributed by atoms with van der Waals surface area (Å²) in [6.07, 6.45) is 4.05. The Bertz CT molecular complexity index is 502. The van der Waals surface area contributed by atoms with Gasteiger partial charge >= 0.3 is 0 Å². The van der Waals surface area contributed by atoms with Gasteiger partial charge in [0.25, 0.3) is 0 Å². The van der Waals surface area contributed by atoms with Crippen LogP contribution >= 0.6 is 23.1 Å². The van der Waals surface area contributed by atoms with Crippen molar-refractivity contribution in [2.45, 2.75) is 38.8 Å². The molecule has 0 radical (unpaired) electrons. The molecule has 1 aromatic rings. The second-order valence-corrected chi connectivity index (χ2v) is 7.12. The second kappa shape index (κ2) is 7.84. The van der Waals surface area contributed by atoms with Crippen LogP contribution < -0.4 is 5.32 Å². The van der Waals surface area contributed by atoms with Crippen LogP contribution in [0.5, 0.6) is 0 Å². The van der Waals surface area contributed by atoms with Gasteiger partial charge < -0.3 is 10.2 Å². The number of amides is 2. The predicted molar refractivity (Wildman–Crippen MR) is 88.7 cm³/mol. The van der Waals surface area contributed by atoms with E-state index in [1.165, 1.54) is 10.4 Å². The zero-order valence-electron chi connectivity index (χ0n) is 12.6. The van der Waals surface area contributed by atoms with Crippen LogP contribution in [0.25, 0.3) is 0 Å². The number of nitrogens with one attached hydrogen (secondary N) is 1. The number of fused-ring (bicyclic) bond motifs is 1. The van der Waals surface area contributed by atoms with Crippen LogP contribution in [-0.4, -0.2) is 41.3 Å². The highest BCUT2D eigenvalue weighted by atomic mass is 32.2. The minimum absolute atomic E-state index is 0.0531. The van der Waals surface area contributed by atoms with Crippen molar-refractivity contribution in [2.75, 3.05) is 18.6 Å². The minimum atomic E-state index is -0.384. The first-order valence-electron chi connectivity index (χ1n) is 7.28. The van der Waals surface area contributed by atoms with Crippen molar-refractivity contribution >= 4 is 34.9 Å². The molecule has 1 unspecified atom stereocenters. The quantitative estimate of drug-likeness (QED) is 0.872. The molecule has 0 saturated carbocycles. The summed E-state index contributed by atoms with van der Waals surface area (Å²) in [5.41, 5.74) is 1.25. The van der Waals surface area contributed by atoms with Crippen LogP contribution in [0.4, 0.5) is 0 Å². The average molecular weight is 326 g/mol. The van der Waals surface area contributed by atoms with Gasteiger partial charge in [0.2, 0.25) is 11.8 Å². The number of thioether (sulfide) groups is 1. The van der Waals surface area contributed by atoms with Crippen LogP contribution in [0.15, 0.2) is 11.4 Å². The number of rotatable bonds is 6. The van der Waals surface area contributed by atoms with Crippen molar-refractivity contribution in [3.05, 3.63) is 21.9 Å². The SMILES string of the molecule is CCC(=O)NC(CCSC)C(=O)N1CCc2sccc2C1. The summed E-state index contributed by atoms with van der Waals surface area (Å²) >= 11 is 3.46. The number of hydrogen-bond donors (Lipinski definition) is 1. The van der Waals surface area contributed by atoms with Crippen molar-refractivity contribution in [1.29, 1.82) is 0 Å². The Labute approximate surface area is 134 Å². The lowest BCUT2D eigenvalue weighted by atomic mass is 10.1. The molecule has 2 heterocycles. The van der Waals surface area contributed by atoms with Crippen molar-refractivity contribution < 1.29 is 9.59 Å². The summed E-state index contributed by atoms with van der Waals surface area (Å²) in [5, 5.41) is 4.96. The highest BCUT2D eigenvalue weighted by Gasteiger charge is 2.28. The highest BCUT2D eigenvalue weighted by molar-refractivity contribution is 7.98. The zero-order valence-corrected chi connectivity index (χ0v) is 14.2. The Balaban J connectivity index is 2.02. The topological polar surface area (TPSA) is 49.4 Å². The van der Waals surface area contributed by atoms with E-state index >= 15 is 0 Å². The van der Waals surface area contributed by atoms with E-state index in [0.717, 1.165) is 18.7 Å². The van der Waals surface area contributed by atoms with E-state index < -0.39 is 0 Å². The smallest absolute Gasteiger partial charge is 0.245 e. The van der Waals surface area contributed by atoms with Crippen molar-refractivity contribution in [3.8, 4) is 0 Å². The summed E-state index contributed by atoms with van der Waals surface area (Å²) in [6.45, 7) is 3.24. The monoisotopic (exact) mass is 326 g/mol. The second-order valence-electron chi connectivity index (χ2n) is 5.13. The molecular weight excluding hydrogens is 304 g/mol. The third-order valence-electron chi connectivity index (χ3n) is 3.68. The summed E-state index contributed by atoms with van der Waals surface area (Å²) in [4.78, 5) is 27.6. The van der Waals surface area contributed by atoms with Gasteiger partial charge in [-0.3, -0.25) is 9.59 Å². The highest BCUT2D eigenvalue weighted by Crippen LogP contribution is 2.24. The van der Waals surface area contributed by atoms with Crippen LogP contribution in [0.3, 0.4) is 0 Å². The van der Waals surface area contributed by atoms with Gasteiger partial charge in [0.15, 0.2) is 0 Å². The standard InChI is InChI=1S/C15H22N2O2S2/c1-3-14(18)16-12(6-8-20-2)15(19)17-7-4-13-11(10-17)5-9-21-13/h5,9,12H,3-4,6-8,10H2,1-2H3,(H,16,18). The van der Waals surface area contributed by atoms with Gasteiger partial charge in [0, 0.05) is 24.4 Å². The lowest BCUT2D eigenvalue weighted by Gasteiger charge is -2.31. The number of nitrogens with zero attached hydrogens (tertiary/aromatic N) is 1. The lowest BCUT2D eigenvalue weighted by molar-refractivity contribution is -0.137. The zero-order chi connectivity index (χ0) is 15.2. The van der Waals surface area contributed by atoms with E-state index in [9.17, 15) is 9.59 Å². The van der Waals surface area contributed by atoms with E-state index in [0.29, 0.717) is 19.4 Å². The van der Waals surface area contributed by atoms with Crippen LogP contribution in [0, 0.1) is 0 Å². The first kappa shape index (κ1) is 16.4. The summed E-state index contributed by atoms with van der Waals surface area (Å²) in [6, 6.07) is 1.71. The van der Waals surface area contributed by atoms with Crippen LogP contribution in [0.1, 0.15) is 30.2 Å². The first-order chi connectivity index (χ1) is 10.2. The summed E-state index contributed by atoms with van der Waals surface area (Å²) < 4.78 is 0. The molecule has 0 fully saturated rings. The Hall–Kier alpha value is -1.01. The molecule has 2 rings (SSSR count). The average Bonchev–Trinajstić information content (AvgIpc) is 2.97. The van der Waals surface area contributed by atoms with Crippen molar-refractivity contribution in [1.82, 2.24) is 10.2 Å². The van der Waals surface area contributed by atoms with Crippen molar-refractivity contribution in [3.63, 3.8) is 0 Å². The van der Waals surface area contributed by atoms with Gasteiger partial charge in [-0.2, -0.15) is 11.8 Å². The molecule has 2 amide bonds. The number of thiophene rings is 1. The molecule has 1 aliphatic heterocycles. The fourth-order valence-corrected chi connectivity index (χ4v) is 3.81. The molecule has 0 spiro atoms. The third kappa shape index (κ3) is 4.23. The van der Waals surface area contributed by atoms with Gasteiger partial charge in [0.1, 0.15) is 6.04 Å². The number of carbonyl (C=O) groups is 2. The molecule has 0 bridgehead atoms. The molecule has 0 aliphatic carbocycles. The van der Waals surface area contributed by atoms with E-state index in [1.807, 2.05) is 18.1 Å². The first-order valence-corrected chi connectivity index (χ1v) is 9.55. The van der Waals surface area contributed by atoms with Gasteiger partial charge in [0.05, 0.1) is 0 Å². The normalized spacial score (nSPS) is 15.4. The van der Waals surface area contributed by atoms with E-state index in [2.05, 4.69) is 16.8 Å².